The Bertz CT molecular complexity index is 649. The van der Waals surface area contributed by atoms with Gasteiger partial charge in [0.15, 0.2) is 0 Å². The molecule has 0 amide bonds. The second-order valence-corrected chi connectivity index (χ2v) is 4.71. The number of hydrogen-bond donors (Lipinski definition) is 0. The SMILES string of the molecule is c1ccc(CCCOc2ccc(-c3nnco3)cc2)cc1. The van der Waals surface area contributed by atoms with Crippen molar-refractivity contribution in [3.63, 3.8) is 0 Å². The predicted molar refractivity (Wildman–Crippen MR) is 80.0 cm³/mol. The first-order valence-electron chi connectivity index (χ1n) is 6.95. The lowest BCUT2D eigenvalue weighted by Crippen LogP contribution is -1.99. The van der Waals surface area contributed by atoms with E-state index in [2.05, 4.69) is 34.5 Å². The predicted octanol–water partition coefficient (Wildman–Crippen LogP) is 3.75. The average molecular weight is 280 g/mol. The molecular weight excluding hydrogens is 264 g/mol. The van der Waals surface area contributed by atoms with Crippen molar-refractivity contribution in [2.45, 2.75) is 12.8 Å². The zero-order valence-corrected chi connectivity index (χ0v) is 11.6. The molecule has 4 heteroatoms. The highest BCUT2D eigenvalue weighted by molar-refractivity contribution is 5.53. The van der Waals surface area contributed by atoms with Crippen LogP contribution in [-0.2, 0) is 6.42 Å². The van der Waals surface area contributed by atoms with Crippen LogP contribution < -0.4 is 4.74 Å². The summed E-state index contributed by atoms with van der Waals surface area (Å²) < 4.78 is 10.9. The van der Waals surface area contributed by atoms with Gasteiger partial charge in [0.2, 0.25) is 12.3 Å². The molecule has 21 heavy (non-hydrogen) atoms. The highest BCUT2D eigenvalue weighted by Gasteiger charge is 2.03. The number of hydrogen-bond acceptors (Lipinski definition) is 4. The Hall–Kier alpha value is -2.62. The maximum Gasteiger partial charge on any atom is 0.247 e. The van der Waals surface area contributed by atoms with Crippen molar-refractivity contribution in [2.24, 2.45) is 0 Å². The maximum atomic E-state index is 5.73. The maximum absolute atomic E-state index is 5.73. The van der Waals surface area contributed by atoms with Crippen molar-refractivity contribution in [1.82, 2.24) is 10.2 Å². The van der Waals surface area contributed by atoms with Gasteiger partial charge >= 0.3 is 0 Å². The quantitative estimate of drug-likeness (QED) is 0.645. The molecule has 0 saturated carbocycles. The summed E-state index contributed by atoms with van der Waals surface area (Å²) in [4.78, 5) is 0. The molecule has 0 aliphatic heterocycles. The fourth-order valence-corrected chi connectivity index (χ4v) is 2.10. The smallest absolute Gasteiger partial charge is 0.247 e. The Kier molecular flexibility index (Phi) is 4.27. The Morgan fingerprint density at radius 1 is 0.952 bits per heavy atom. The number of ether oxygens (including phenoxy) is 1. The van der Waals surface area contributed by atoms with Crippen LogP contribution in [0.25, 0.3) is 11.5 Å². The van der Waals surface area contributed by atoms with Gasteiger partial charge in [-0.2, -0.15) is 0 Å². The van der Waals surface area contributed by atoms with Gasteiger partial charge in [0, 0.05) is 5.56 Å². The summed E-state index contributed by atoms with van der Waals surface area (Å²) in [6, 6.07) is 18.1. The highest BCUT2D eigenvalue weighted by Crippen LogP contribution is 2.20. The molecule has 0 fully saturated rings. The zero-order chi connectivity index (χ0) is 14.3. The van der Waals surface area contributed by atoms with Crippen molar-refractivity contribution in [2.75, 3.05) is 6.61 Å². The van der Waals surface area contributed by atoms with E-state index in [9.17, 15) is 0 Å². The van der Waals surface area contributed by atoms with Crippen LogP contribution >= 0.6 is 0 Å². The lowest BCUT2D eigenvalue weighted by molar-refractivity contribution is 0.311. The van der Waals surface area contributed by atoms with Gasteiger partial charge in [-0.1, -0.05) is 30.3 Å². The molecule has 106 valence electrons. The zero-order valence-electron chi connectivity index (χ0n) is 11.6. The van der Waals surface area contributed by atoms with Crippen LogP contribution in [0.5, 0.6) is 5.75 Å². The van der Waals surface area contributed by atoms with Crippen molar-refractivity contribution >= 4 is 0 Å². The molecule has 0 N–H and O–H groups in total. The van der Waals surface area contributed by atoms with Crippen LogP contribution in [0.1, 0.15) is 12.0 Å². The van der Waals surface area contributed by atoms with E-state index in [-0.39, 0.29) is 0 Å². The van der Waals surface area contributed by atoms with E-state index < -0.39 is 0 Å². The molecule has 0 atom stereocenters. The van der Waals surface area contributed by atoms with Gasteiger partial charge in [0.25, 0.3) is 0 Å². The molecular formula is C17H16N2O2. The van der Waals surface area contributed by atoms with Gasteiger partial charge in [-0.15, -0.1) is 10.2 Å². The van der Waals surface area contributed by atoms with Crippen LogP contribution in [0, 0.1) is 0 Å². The Labute approximate surface area is 123 Å². The Morgan fingerprint density at radius 3 is 2.48 bits per heavy atom. The lowest BCUT2D eigenvalue weighted by Gasteiger charge is -2.06. The number of benzene rings is 2. The highest BCUT2D eigenvalue weighted by atomic mass is 16.5. The van der Waals surface area contributed by atoms with E-state index in [1.165, 1.54) is 12.0 Å². The molecule has 0 saturated heterocycles. The lowest BCUT2D eigenvalue weighted by atomic mass is 10.1. The molecule has 3 rings (SSSR count). The summed E-state index contributed by atoms with van der Waals surface area (Å²) in [5.41, 5.74) is 2.23. The number of nitrogens with zero attached hydrogens (tertiary/aromatic N) is 2. The van der Waals surface area contributed by atoms with Crippen molar-refractivity contribution in [3.8, 4) is 17.2 Å². The van der Waals surface area contributed by atoms with Gasteiger partial charge in [0.05, 0.1) is 6.61 Å². The topological polar surface area (TPSA) is 48.2 Å². The minimum Gasteiger partial charge on any atom is -0.494 e. The first kappa shape index (κ1) is 13.4. The summed E-state index contributed by atoms with van der Waals surface area (Å²) in [6.45, 7) is 0.703. The number of aryl methyl sites for hydroxylation is 1. The van der Waals surface area contributed by atoms with E-state index in [0.717, 1.165) is 24.2 Å². The van der Waals surface area contributed by atoms with E-state index in [0.29, 0.717) is 12.5 Å². The van der Waals surface area contributed by atoms with Crippen molar-refractivity contribution < 1.29 is 9.15 Å². The summed E-state index contributed by atoms with van der Waals surface area (Å²) in [5, 5.41) is 7.53. The van der Waals surface area contributed by atoms with Crippen LogP contribution in [-0.4, -0.2) is 16.8 Å². The standard InChI is InChI=1S/C17H16N2O2/c1-2-5-14(6-3-1)7-4-12-20-16-10-8-15(9-11-16)17-19-18-13-21-17/h1-3,5-6,8-11,13H,4,7,12H2. The molecule has 1 heterocycles. The molecule has 1 aromatic heterocycles. The summed E-state index contributed by atoms with van der Waals surface area (Å²) >= 11 is 0. The van der Waals surface area contributed by atoms with Crippen LogP contribution in [0.4, 0.5) is 0 Å². The number of aromatic nitrogens is 2. The van der Waals surface area contributed by atoms with Crippen LogP contribution in [0.3, 0.4) is 0 Å². The fraction of sp³-hybridized carbons (Fsp3) is 0.176. The Balaban J connectivity index is 1.47. The van der Waals surface area contributed by atoms with Gasteiger partial charge in [-0.3, -0.25) is 0 Å². The first-order valence-corrected chi connectivity index (χ1v) is 6.95. The second kappa shape index (κ2) is 6.70. The third kappa shape index (κ3) is 3.69. The van der Waals surface area contributed by atoms with Crippen LogP contribution in [0.15, 0.2) is 65.4 Å². The molecule has 2 aromatic carbocycles. The minimum absolute atomic E-state index is 0.519. The molecule has 0 aliphatic carbocycles. The molecule has 0 spiro atoms. The van der Waals surface area contributed by atoms with Gasteiger partial charge < -0.3 is 9.15 Å². The van der Waals surface area contributed by atoms with Gasteiger partial charge in [0.1, 0.15) is 5.75 Å². The third-order valence-corrected chi connectivity index (χ3v) is 3.18. The molecule has 0 aliphatic rings. The summed E-state index contributed by atoms with van der Waals surface area (Å²) in [5.74, 6) is 1.37. The normalized spacial score (nSPS) is 10.5. The largest absolute Gasteiger partial charge is 0.494 e. The van der Waals surface area contributed by atoms with E-state index in [1.54, 1.807) is 0 Å². The summed E-state index contributed by atoms with van der Waals surface area (Å²) in [7, 11) is 0. The molecule has 0 unspecified atom stereocenters. The average Bonchev–Trinajstić information content (AvgIpc) is 3.08. The van der Waals surface area contributed by atoms with Crippen molar-refractivity contribution in [1.29, 1.82) is 0 Å². The Morgan fingerprint density at radius 2 is 1.76 bits per heavy atom. The molecule has 0 bridgehead atoms. The van der Waals surface area contributed by atoms with Crippen molar-refractivity contribution in [3.05, 3.63) is 66.6 Å². The van der Waals surface area contributed by atoms with E-state index >= 15 is 0 Å². The fourth-order valence-electron chi connectivity index (χ4n) is 2.10. The molecule has 0 radical (unpaired) electrons. The minimum atomic E-state index is 0.519. The van der Waals surface area contributed by atoms with Gasteiger partial charge in [-0.25, -0.2) is 0 Å². The number of rotatable bonds is 6. The second-order valence-electron chi connectivity index (χ2n) is 4.71. The van der Waals surface area contributed by atoms with Gasteiger partial charge in [-0.05, 0) is 42.7 Å². The molecule has 3 aromatic rings. The van der Waals surface area contributed by atoms with Crippen LogP contribution in [0.2, 0.25) is 0 Å². The van der Waals surface area contributed by atoms with E-state index in [1.807, 2.05) is 30.3 Å². The third-order valence-electron chi connectivity index (χ3n) is 3.18. The van der Waals surface area contributed by atoms with E-state index in [4.69, 9.17) is 9.15 Å². The molecule has 4 nitrogen and oxygen atoms in total. The first-order chi connectivity index (χ1) is 10.4. The summed E-state index contributed by atoms with van der Waals surface area (Å²) in [6.07, 6.45) is 3.35. The monoisotopic (exact) mass is 280 g/mol.